The zero-order valence-corrected chi connectivity index (χ0v) is 16.6. The van der Waals surface area contributed by atoms with E-state index in [1.165, 1.54) is 11.1 Å². The number of aromatic nitrogens is 2. The van der Waals surface area contributed by atoms with Crippen molar-refractivity contribution in [2.75, 3.05) is 47.3 Å². The molecule has 1 fully saturated rings. The Labute approximate surface area is 162 Å². The summed E-state index contributed by atoms with van der Waals surface area (Å²) in [6, 6.07) is 10.9. The maximum absolute atomic E-state index is 4.38. The second kappa shape index (κ2) is 9.53. The Hall–Kier alpha value is -2.38. The minimum absolute atomic E-state index is 0.495. The Morgan fingerprint density at radius 1 is 1.15 bits per heavy atom. The van der Waals surface area contributed by atoms with E-state index in [0.717, 1.165) is 45.2 Å². The van der Waals surface area contributed by atoms with Crippen LogP contribution in [0.1, 0.15) is 11.1 Å². The summed E-state index contributed by atoms with van der Waals surface area (Å²) in [4.78, 5) is 9.18. The second-order valence-electron chi connectivity index (χ2n) is 7.18. The van der Waals surface area contributed by atoms with Gasteiger partial charge >= 0.3 is 0 Å². The zero-order chi connectivity index (χ0) is 19.1. The Morgan fingerprint density at radius 3 is 2.70 bits per heavy atom. The van der Waals surface area contributed by atoms with E-state index in [2.05, 4.69) is 68.9 Å². The van der Waals surface area contributed by atoms with Crippen LogP contribution in [0.2, 0.25) is 0 Å². The van der Waals surface area contributed by atoms with Crippen LogP contribution in [0, 0.1) is 0 Å². The summed E-state index contributed by atoms with van der Waals surface area (Å²) in [5, 5.41) is 11.2. The van der Waals surface area contributed by atoms with Crippen LogP contribution >= 0.6 is 0 Å². The van der Waals surface area contributed by atoms with Gasteiger partial charge in [-0.15, -0.1) is 0 Å². The molecule has 0 spiro atoms. The van der Waals surface area contributed by atoms with Gasteiger partial charge in [0.05, 0.1) is 6.54 Å². The van der Waals surface area contributed by atoms with E-state index in [-0.39, 0.29) is 0 Å². The number of nitrogens with zero attached hydrogens (tertiary/aromatic N) is 5. The molecule has 0 radical (unpaired) electrons. The lowest BCUT2D eigenvalue weighted by Gasteiger charge is -2.37. The van der Waals surface area contributed by atoms with Crippen molar-refractivity contribution in [2.24, 2.45) is 4.99 Å². The number of aliphatic imine (C=N–C) groups is 1. The molecule has 0 saturated carbocycles. The van der Waals surface area contributed by atoms with Crippen molar-refractivity contribution in [2.45, 2.75) is 19.1 Å². The van der Waals surface area contributed by atoms with Crippen LogP contribution in [-0.4, -0.2) is 78.9 Å². The summed E-state index contributed by atoms with van der Waals surface area (Å²) in [6.45, 7) is 5.71. The number of rotatable bonds is 6. The molecule has 1 atom stereocenters. The highest BCUT2D eigenvalue weighted by molar-refractivity contribution is 5.79. The zero-order valence-electron chi connectivity index (χ0n) is 16.6. The fourth-order valence-electron chi connectivity index (χ4n) is 3.39. The Balaban J connectivity index is 1.54. The monoisotopic (exact) mass is 369 g/mol. The minimum atomic E-state index is 0.495. The third-order valence-electron chi connectivity index (χ3n) is 5.17. The molecule has 3 rings (SSSR count). The lowest BCUT2D eigenvalue weighted by Crippen LogP contribution is -2.55. The van der Waals surface area contributed by atoms with Gasteiger partial charge in [-0.3, -0.25) is 14.6 Å². The molecule has 2 N–H and O–H groups in total. The van der Waals surface area contributed by atoms with Crippen LogP contribution in [0.3, 0.4) is 0 Å². The fraction of sp³-hybridized carbons (Fsp3) is 0.500. The number of guanidine groups is 1. The Kier molecular flexibility index (Phi) is 6.84. The van der Waals surface area contributed by atoms with Gasteiger partial charge in [-0.05, 0) is 31.3 Å². The maximum atomic E-state index is 4.38. The van der Waals surface area contributed by atoms with E-state index in [4.69, 9.17) is 0 Å². The first-order valence-electron chi connectivity index (χ1n) is 9.53. The van der Waals surface area contributed by atoms with Gasteiger partial charge < -0.3 is 15.5 Å². The summed E-state index contributed by atoms with van der Waals surface area (Å²) in [5.41, 5.74) is 2.52. The Morgan fingerprint density at radius 2 is 1.96 bits per heavy atom. The molecule has 0 amide bonds. The third kappa shape index (κ3) is 5.55. The van der Waals surface area contributed by atoms with Crippen LogP contribution in [-0.2, 0) is 13.1 Å². The molecule has 1 aromatic carbocycles. The number of benzene rings is 1. The average molecular weight is 370 g/mol. The highest BCUT2D eigenvalue weighted by Crippen LogP contribution is 2.10. The maximum Gasteiger partial charge on any atom is 0.191 e. The number of nitrogens with one attached hydrogen (secondary N) is 2. The van der Waals surface area contributed by atoms with Crippen molar-refractivity contribution in [1.29, 1.82) is 0 Å². The van der Waals surface area contributed by atoms with Crippen molar-refractivity contribution >= 4 is 5.96 Å². The summed E-state index contributed by atoms with van der Waals surface area (Å²) in [6.07, 6.45) is 3.80. The molecule has 7 heteroatoms. The summed E-state index contributed by atoms with van der Waals surface area (Å²) >= 11 is 0. The van der Waals surface area contributed by atoms with Crippen LogP contribution in [0.5, 0.6) is 0 Å². The van der Waals surface area contributed by atoms with E-state index in [1.807, 2.05) is 30.2 Å². The number of hydrogen-bond acceptors (Lipinski definition) is 4. The smallest absolute Gasteiger partial charge is 0.191 e. The molecule has 27 heavy (non-hydrogen) atoms. The summed E-state index contributed by atoms with van der Waals surface area (Å²) in [5.74, 6) is 0.838. The molecule has 1 unspecified atom stereocenters. The predicted molar refractivity (Wildman–Crippen MR) is 110 cm³/mol. The first kappa shape index (κ1) is 19.4. The quantitative estimate of drug-likeness (QED) is 0.584. The highest BCUT2D eigenvalue weighted by atomic mass is 15.3. The second-order valence-corrected chi connectivity index (χ2v) is 7.18. The van der Waals surface area contributed by atoms with Gasteiger partial charge in [0.15, 0.2) is 5.96 Å². The van der Waals surface area contributed by atoms with Gasteiger partial charge in [-0.1, -0.05) is 24.3 Å². The molecule has 2 heterocycles. The van der Waals surface area contributed by atoms with E-state index >= 15 is 0 Å². The molecule has 0 aliphatic carbocycles. The molecule has 7 nitrogen and oxygen atoms in total. The predicted octanol–water partition coefficient (Wildman–Crippen LogP) is 0.842. The lowest BCUT2D eigenvalue weighted by atomic mass is 10.1. The molecule has 1 aliphatic rings. The average Bonchev–Trinajstić information content (AvgIpc) is 3.18. The van der Waals surface area contributed by atoms with Crippen LogP contribution in [0.25, 0.3) is 0 Å². The van der Waals surface area contributed by atoms with Gasteiger partial charge in [0, 0.05) is 58.2 Å². The number of hydrogen-bond donors (Lipinski definition) is 2. The van der Waals surface area contributed by atoms with Crippen LogP contribution < -0.4 is 10.6 Å². The largest absolute Gasteiger partial charge is 0.355 e. The van der Waals surface area contributed by atoms with Gasteiger partial charge in [-0.2, -0.15) is 5.10 Å². The molecule has 1 saturated heterocycles. The lowest BCUT2D eigenvalue weighted by molar-refractivity contribution is 0.116. The number of likely N-dealkylation sites (N-methyl/N-ethyl adjacent to an activating group) is 2. The molecule has 1 aromatic heterocycles. The molecule has 146 valence electrons. The molecule has 1 aliphatic heterocycles. The van der Waals surface area contributed by atoms with Crippen molar-refractivity contribution in [3.8, 4) is 0 Å². The first-order valence-corrected chi connectivity index (χ1v) is 9.53. The Bertz CT molecular complexity index is 726. The first-order chi connectivity index (χ1) is 13.2. The van der Waals surface area contributed by atoms with E-state index in [0.29, 0.717) is 6.04 Å². The molecular formula is C20H31N7. The van der Waals surface area contributed by atoms with Crippen molar-refractivity contribution < 1.29 is 0 Å². The van der Waals surface area contributed by atoms with Gasteiger partial charge in [0.1, 0.15) is 0 Å². The van der Waals surface area contributed by atoms with Crippen molar-refractivity contribution in [3.05, 3.63) is 53.9 Å². The van der Waals surface area contributed by atoms with Crippen LogP contribution in [0.15, 0.2) is 47.7 Å². The van der Waals surface area contributed by atoms with E-state index in [1.54, 1.807) is 0 Å². The molecule has 0 bridgehead atoms. The molecule has 2 aromatic rings. The summed E-state index contributed by atoms with van der Waals surface area (Å²) < 4.78 is 1.95. The van der Waals surface area contributed by atoms with Gasteiger partial charge in [0.25, 0.3) is 0 Å². The van der Waals surface area contributed by atoms with Gasteiger partial charge in [-0.25, -0.2) is 0 Å². The SMILES string of the molecule is CN=C(NCc1ccccc1Cn1cccn1)NCC1CN(C)CCN1C. The van der Waals surface area contributed by atoms with Crippen molar-refractivity contribution in [3.63, 3.8) is 0 Å². The third-order valence-corrected chi connectivity index (χ3v) is 5.17. The summed E-state index contributed by atoms with van der Waals surface area (Å²) in [7, 11) is 6.20. The highest BCUT2D eigenvalue weighted by Gasteiger charge is 2.22. The van der Waals surface area contributed by atoms with Gasteiger partial charge in [0.2, 0.25) is 0 Å². The molecular weight excluding hydrogens is 338 g/mol. The number of piperazine rings is 1. The normalized spacial score (nSPS) is 19.2. The fourth-order valence-corrected chi connectivity index (χ4v) is 3.39. The van der Waals surface area contributed by atoms with E-state index in [9.17, 15) is 0 Å². The van der Waals surface area contributed by atoms with Crippen molar-refractivity contribution in [1.82, 2.24) is 30.2 Å². The van der Waals surface area contributed by atoms with E-state index < -0.39 is 0 Å². The van der Waals surface area contributed by atoms with Crippen LogP contribution in [0.4, 0.5) is 0 Å². The minimum Gasteiger partial charge on any atom is -0.355 e. The topological polar surface area (TPSA) is 60.7 Å². The standard InChI is InChI=1S/C20H31N7/c1-21-20(23-14-19-16-25(2)11-12-26(19)3)22-13-17-7-4-5-8-18(17)15-27-10-6-9-24-27/h4-10,19H,11-16H2,1-3H3,(H2,21,22,23).